The number of fused-ring (bicyclic) bond motifs is 1. The first kappa shape index (κ1) is 15.9. The summed E-state index contributed by atoms with van der Waals surface area (Å²) in [5.41, 5.74) is 9.32. The van der Waals surface area contributed by atoms with Gasteiger partial charge in [-0.1, -0.05) is 12.1 Å². The average Bonchev–Trinajstić information content (AvgIpc) is 2.48. The maximum atomic E-state index is 5.99. The van der Waals surface area contributed by atoms with Gasteiger partial charge in [-0.15, -0.1) is 0 Å². The number of pyridine rings is 1. The molecule has 21 heavy (non-hydrogen) atoms. The molecule has 2 N–H and O–H groups in total. The molecule has 1 aromatic carbocycles. The quantitative estimate of drug-likeness (QED) is 0.795. The van der Waals surface area contributed by atoms with Gasteiger partial charge >= 0.3 is 0 Å². The zero-order valence-corrected chi connectivity index (χ0v) is 13.2. The molecule has 4 heteroatoms. The topological polar surface area (TPSA) is 51.4 Å². The number of nitrogens with two attached hydrogens (primary N) is 1. The van der Waals surface area contributed by atoms with Crippen molar-refractivity contribution >= 4 is 10.9 Å². The first-order valence-corrected chi connectivity index (χ1v) is 7.42. The molecule has 1 unspecified atom stereocenters. The van der Waals surface area contributed by atoms with Gasteiger partial charge in [-0.25, -0.2) is 0 Å². The summed E-state index contributed by atoms with van der Waals surface area (Å²) in [6.45, 7) is 4.37. The SMILES string of the molecule is COCCCN(C)C(CN)c1ccc2nc(C)ccc2c1. The molecule has 0 radical (unpaired) electrons. The van der Waals surface area contributed by atoms with E-state index in [4.69, 9.17) is 10.5 Å². The fraction of sp³-hybridized carbons (Fsp3) is 0.471. The molecule has 1 aromatic heterocycles. The van der Waals surface area contributed by atoms with E-state index in [1.807, 2.05) is 13.0 Å². The van der Waals surface area contributed by atoms with Gasteiger partial charge in [0.25, 0.3) is 0 Å². The summed E-state index contributed by atoms with van der Waals surface area (Å²) in [6, 6.07) is 10.8. The highest BCUT2D eigenvalue weighted by Crippen LogP contribution is 2.23. The van der Waals surface area contributed by atoms with Gasteiger partial charge in [-0.3, -0.25) is 9.88 Å². The van der Waals surface area contributed by atoms with E-state index in [1.54, 1.807) is 7.11 Å². The molecule has 0 bridgehead atoms. The van der Waals surface area contributed by atoms with Gasteiger partial charge in [0.2, 0.25) is 0 Å². The van der Waals surface area contributed by atoms with Crippen LogP contribution < -0.4 is 5.73 Å². The molecule has 0 amide bonds. The maximum Gasteiger partial charge on any atom is 0.0705 e. The predicted octanol–water partition coefficient (Wildman–Crippen LogP) is 2.51. The fourth-order valence-corrected chi connectivity index (χ4v) is 2.64. The molecule has 0 aliphatic carbocycles. The van der Waals surface area contributed by atoms with E-state index in [2.05, 4.69) is 41.2 Å². The molecule has 2 aromatic rings. The highest BCUT2D eigenvalue weighted by molar-refractivity contribution is 5.79. The van der Waals surface area contributed by atoms with Crippen LogP contribution in [0.5, 0.6) is 0 Å². The molecule has 0 spiro atoms. The second-order valence-electron chi connectivity index (χ2n) is 5.48. The number of benzene rings is 1. The number of rotatable bonds is 7. The van der Waals surface area contributed by atoms with Crippen LogP contribution in [0.1, 0.15) is 23.7 Å². The lowest BCUT2D eigenvalue weighted by Crippen LogP contribution is -2.31. The molecule has 4 nitrogen and oxygen atoms in total. The minimum atomic E-state index is 0.229. The van der Waals surface area contributed by atoms with Gasteiger partial charge in [0.15, 0.2) is 0 Å². The van der Waals surface area contributed by atoms with Crippen molar-refractivity contribution in [3.05, 3.63) is 41.6 Å². The van der Waals surface area contributed by atoms with Crippen LogP contribution in [-0.4, -0.2) is 43.7 Å². The number of methoxy groups -OCH3 is 1. The van der Waals surface area contributed by atoms with Crippen LogP contribution >= 0.6 is 0 Å². The number of nitrogens with zero attached hydrogens (tertiary/aromatic N) is 2. The van der Waals surface area contributed by atoms with E-state index >= 15 is 0 Å². The second-order valence-corrected chi connectivity index (χ2v) is 5.48. The molecule has 114 valence electrons. The standard InChI is InChI=1S/C17H25N3O/c1-13-5-6-14-11-15(7-8-16(14)19-13)17(12-18)20(2)9-4-10-21-3/h5-8,11,17H,4,9-10,12,18H2,1-3H3. The highest BCUT2D eigenvalue weighted by Gasteiger charge is 2.15. The van der Waals surface area contributed by atoms with E-state index in [0.29, 0.717) is 6.54 Å². The average molecular weight is 287 g/mol. The van der Waals surface area contributed by atoms with Gasteiger partial charge in [0.1, 0.15) is 0 Å². The van der Waals surface area contributed by atoms with Crippen LogP contribution in [-0.2, 0) is 4.74 Å². The van der Waals surface area contributed by atoms with Gasteiger partial charge in [0, 0.05) is 43.9 Å². The van der Waals surface area contributed by atoms with Crippen molar-refractivity contribution < 1.29 is 4.74 Å². The van der Waals surface area contributed by atoms with Crippen LogP contribution in [0.2, 0.25) is 0 Å². The van der Waals surface area contributed by atoms with Crippen LogP contribution in [0.3, 0.4) is 0 Å². The minimum absolute atomic E-state index is 0.229. The van der Waals surface area contributed by atoms with Gasteiger partial charge in [0.05, 0.1) is 5.52 Å². The number of aryl methyl sites for hydroxylation is 1. The van der Waals surface area contributed by atoms with Crippen LogP contribution in [0, 0.1) is 6.92 Å². The van der Waals surface area contributed by atoms with Crippen molar-refractivity contribution in [3.8, 4) is 0 Å². The van der Waals surface area contributed by atoms with Crippen molar-refractivity contribution in [2.45, 2.75) is 19.4 Å². The van der Waals surface area contributed by atoms with E-state index < -0.39 is 0 Å². The predicted molar refractivity (Wildman–Crippen MR) is 87.4 cm³/mol. The zero-order valence-electron chi connectivity index (χ0n) is 13.2. The van der Waals surface area contributed by atoms with Crippen molar-refractivity contribution in [2.75, 3.05) is 33.9 Å². The monoisotopic (exact) mass is 287 g/mol. The van der Waals surface area contributed by atoms with Gasteiger partial charge < -0.3 is 10.5 Å². The molecule has 1 atom stereocenters. The summed E-state index contributed by atoms with van der Waals surface area (Å²) in [4.78, 5) is 6.84. The molecule has 0 saturated heterocycles. The van der Waals surface area contributed by atoms with E-state index in [1.165, 1.54) is 10.9 Å². The normalized spacial score (nSPS) is 13.0. The highest BCUT2D eigenvalue weighted by atomic mass is 16.5. The molecule has 0 fully saturated rings. The van der Waals surface area contributed by atoms with E-state index in [9.17, 15) is 0 Å². The Morgan fingerprint density at radius 2 is 2.10 bits per heavy atom. The Labute approximate surface area is 126 Å². The Morgan fingerprint density at radius 3 is 2.81 bits per heavy atom. The molecule has 0 aliphatic heterocycles. The number of ether oxygens (including phenoxy) is 1. The Morgan fingerprint density at radius 1 is 1.29 bits per heavy atom. The summed E-state index contributed by atoms with van der Waals surface area (Å²) < 4.78 is 5.11. The first-order chi connectivity index (χ1) is 10.2. The summed E-state index contributed by atoms with van der Waals surface area (Å²) >= 11 is 0. The van der Waals surface area contributed by atoms with Gasteiger partial charge in [-0.05, 0) is 44.2 Å². The molecular weight excluding hydrogens is 262 g/mol. The Bertz CT molecular complexity index is 585. The number of hydrogen-bond donors (Lipinski definition) is 1. The summed E-state index contributed by atoms with van der Waals surface area (Å²) in [5.74, 6) is 0. The minimum Gasteiger partial charge on any atom is -0.385 e. The molecule has 2 rings (SSSR count). The lowest BCUT2D eigenvalue weighted by molar-refractivity contribution is 0.166. The number of hydrogen-bond acceptors (Lipinski definition) is 4. The summed E-state index contributed by atoms with van der Waals surface area (Å²) in [5, 5.41) is 1.17. The van der Waals surface area contributed by atoms with E-state index in [0.717, 1.165) is 30.8 Å². The number of aromatic nitrogens is 1. The van der Waals surface area contributed by atoms with Crippen molar-refractivity contribution in [3.63, 3.8) is 0 Å². The van der Waals surface area contributed by atoms with Crippen molar-refractivity contribution in [2.24, 2.45) is 5.73 Å². The van der Waals surface area contributed by atoms with Crippen LogP contribution in [0.4, 0.5) is 0 Å². The largest absolute Gasteiger partial charge is 0.385 e. The van der Waals surface area contributed by atoms with Crippen molar-refractivity contribution in [1.82, 2.24) is 9.88 Å². The summed E-state index contributed by atoms with van der Waals surface area (Å²) in [7, 11) is 3.85. The molecule has 0 aliphatic rings. The summed E-state index contributed by atoms with van der Waals surface area (Å²) in [6.07, 6.45) is 1.01. The molecule has 1 heterocycles. The van der Waals surface area contributed by atoms with E-state index in [-0.39, 0.29) is 6.04 Å². The Kier molecular flexibility index (Phi) is 5.67. The number of likely N-dealkylation sites (N-methyl/N-ethyl adjacent to an activating group) is 1. The fourth-order valence-electron chi connectivity index (χ4n) is 2.64. The van der Waals surface area contributed by atoms with Crippen LogP contribution in [0.25, 0.3) is 10.9 Å². The first-order valence-electron chi connectivity index (χ1n) is 7.42. The third kappa shape index (κ3) is 4.00. The van der Waals surface area contributed by atoms with Gasteiger partial charge in [-0.2, -0.15) is 0 Å². The lowest BCUT2D eigenvalue weighted by atomic mass is 10.0. The second kappa shape index (κ2) is 7.50. The third-order valence-electron chi connectivity index (χ3n) is 3.85. The molecular formula is C17H25N3O. The zero-order chi connectivity index (χ0) is 15.2. The Balaban J connectivity index is 2.19. The smallest absolute Gasteiger partial charge is 0.0705 e. The molecule has 0 saturated carbocycles. The third-order valence-corrected chi connectivity index (χ3v) is 3.85. The van der Waals surface area contributed by atoms with Crippen molar-refractivity contribution in [1.29, 1.82) is 0 Å². The Hall–Kier alpha value is -1.49. The van der Waals surface area contributed by atoms with Crippen LogP contribution in [0.15, 0.2) is 30.3 Å². The lowest BCUT2D eigenvalue weighted by Gasteiger charge is -2.27. The maximum absolute atomic E-state index is 5.99.